The molecule has 1 atom stereocenters. The molecule has 1 unspecified atom stereocenters. The molecule has 1 aromatic carbocycles. The smallest absolute Gasteiger partial charge is 0.327 e. The molecule has 20 heavy (non-hydrogen) atoms. The van der Waals surface area contributed by atoms with Gasteiger partial charge in [0.1, 0.15) is 6.04 Å². The number of rotatable bonds is 7. The third-order valence-electron chi connectivity index (χ3n) is 2.43. The topological polar surface area (TPSA) is 104 Å². The zero-order valence-electron chi connectivity index (χ0n) is 10.8. The van der Waals surface area contributed by atoms with Crippen molar-refractivity contribution in [2.45, 2.75) is 13.0 Å². The van der Waals surface area contributed by atoms with Gasteiger partial charge in [-0.1, -0.05) is 17.7 Å². The number of benzene rings is 1. The molecule has 0 spiro atoms. The highest BCUT2D eigenvalue weighted by Gasteiger charge is 2.20. The third kappa shape index (κ3) is 5.31. The summed E-state index contributed by atoms with van der Waals surface area (Å²) in [6.45, 7) is 1.88. The van der Waals surface area contributed by atoms with E-state index in [0.717, 1.165) is 17.3 Å². The van der Waals surface area contributed by atoms with Crippen molar-refractivity contribution < 1.29 is 24.6 Å². The minimum atomic E-state index is -1.19. The Labute approximate surface area is 120 Å². The summed E-state index contributed by atoms with van der Waals surface area (Å²) in [6, 6.07) is 5.60. The Hall–Kier alpha value is -2.02. The molecule has 0 aliphatic rings. The quantitative estimate of drug-likeness (QED) is 0.693. The molecule has 0 aliphatic heterocycles. The van der Waals surface area contributed by atoms with E-state index < -0.39 is 23.9 Å². The normalized spacial score (nSPS) is 11.7. The standard InChI is InChI=1S/C13H15NO5S/c1-8-2-4-9(5-3-8)12(17)14-10(13(18)19)6-20-7-11(15)16/h2-5,10H,6-7H2,1H3,(H,14,17)(H,15,16)(H,18,19). The number of carbonyl (C=O) groups excluding carboxylic acids is 1. The molecular formula is C13H15NO5S. The Morgan fingerprint density at radius 2 is 1.80 bits per heavy atom. The minimum absolute atomic E-state index is 0.000759. The number of carboxylic acids is 2. The summed E-state index contributed by atoms with van der Waals surface area (Å²) in [5.74, 6) is -2.91. The van der Waals surface area contributed by atoms with Gasteiger partial charge in [0.2, 0.25) is 0 Å². The molecule has 0 saturated heterocycles. The molecule has 3 N–H and O–H groups in total. The highest BCUT2D eigenvalue weighted by Crippen LogP contribution is 2.06. The van der Waals surface area contributed by atoms with E-state index in [9.17, 15) is 14.4 Å². The van der Waals surface area contributed by atoms with Crippen LogP contribution in [0.4, 0.5) is 0 Å². The Bertz CT molecular complexity index is 500. The maximum atomic E-state index is 11.9. The highest BCUT2D eigenvalue weighted by atomic mass is 32.2. The summed E-state index contributed by atoms with van der Waals surface area (Å²) < 4.78 is 0. The fourth-order valence-electron chi connectivity index (χ4n) is 1.39. The first-order chi connectivity index (χ1) is 9.40. The lowest BCUT2D eigenvalue weighted by Crippen LogP contribution is -2.42. The van der Waals surface area contributed by atoms with Crippen LogP contribution in [-0.4, -0.2) is 45.6 Å². The van der Waals surface area contributed by atoms with Gasteiger partial charge in [0.05, 0.1) is 5.75 Å². The molecule has 1 amide bonds. The van der Waals surface area contributed by atoms with E-state index >= 15 is 0 Å². The van der Waals surface area contributed by atoms with Crippen molar-refractivity contribution in [3.05, 3.63) is 35.4 Å². The number of carboxylic acid groups (broad SMARTS) is 2. The lowest BCUT2D eigenvalue weighted by Gasteiger charge is -2.13. The number of carbonyl (C=O) groups is 3. The molecule has 0 aliphatic carbocycles. The summed E-state index contributed by atoms with van der Waals surface area (Å²) in [5.41, 5.74) is 1.36. The van der Waals surface area contributed by atoms with Crippen molar-refractivity contribution in [3.8, 4) is 0 Å². The fraction of sp³-hybridized carbons (Fsp3) is 0.308. The van der Waals surface area contributed by atoms with Crippen molar-refractivity contribution in [2.24, 2.45) is 0 Å². The first-order valence-electron chi connectivity index (χ1n) is 5.80. The molecule has 0 radical (unpaired) electrons. The summed E-state index contributed by atoms with van der Waals surface area (Å²) in [4.78, 5) is 33.3. The van der Waals surface area contributed by atoms with Crippen LogP contribution in [0.1, 0.15) is 15.9 Å². The first kappa shape index (κ1) is 16.0. The first-order valence-corrected chi connectivity index (χ1v) is 6.95. The van der Waals surface area contributed by atoms with Gasteiger partial charge in [-0.25, -0.2) is 4.79 Å². The van der Waals surface area contributed by atoms with Crippen LogP contribution in [0.15, 0.2) is 24.3 Å². The Balaban J connectivity index is 2.60. The molecular weight excluding hydrogens is 282 g/mol. The second-order valence-corrected chi connectivity index (χ2v) is 5.17. The van der Waals surface area contributed by atoms with Gasteiger partial charge in [0, 0.05) is 11.3 Å². The highest BCUT2D eigenvalue weighted by molar-refractivity contribution is 8.00. The second kappa shape index (κ2) is 7.54. The van der Waals surface area contributed by atoms with Crippen LogP contribution in [0.5, 0.6) is 0 Å². The average Bonchev–Trinajstić information content (AvgIpc) is 2.37. The molecule has 0 saturated carbocycles. The van der Waals surface area contributed by atoms with Gasteiger partial charge in [-0.2, -0.15) is 0 Å². The molecule has 0 fully saturated rings. The number of nitrogens with one attached hydrogen (secondary N) is 1. The summed E-state index contributed by atoms with van der Waals surface area (Å²) in [7, 11) is 0. The van der Waals surface area contributed by atoms with Crippen LogP contribution in [0.25, 0.3) is 0 Å². The SMILES string of the molecule is Cc1ccc(C(=O)NC(CSCC(=O)O)C(=O)O)cc1. The van der Waals surface area contributed by atoms with E-state index in [1.807, 2.05) is 6.92 Å². The lowest BCUT2D eigenvalue weighted by atomic mass is 10.1. The van der Waals surface area contributed by atoms with Crippen LogP contribution in [0, 0.1) is 6.92 Å². The number of aryl methyl sites for hydroxylation is 1. The Morgan fingerprint density at radius 3 is 2.30 bits per heavy atom. The van der Waals surface area contributed by atoms with E-state index in [1.54, 1.807) is 24.3 Å². The third-order valence-corrected chi connectivity index (χ3v) is 3.45. The summed E-state index contributed by atoms with van der Waals surface area (Å²) in [5, 5.41) is 19.9. The molecule has 6 nitrogen and oxygen atoms in total. The molecule has 0 aromatic heterocycles. The van der Waals surface area contributed by atoms with Crippen molar-refractivity contribution in [2.75, 3.05) is 11.5 Å². The fourth-order valence-corrected chi connectivity index (χ4v) is 2.14. The van der Waals surface area contributed by atoms with Gasteiger partial charge >= 0.3 is 11.9 Å². The Morgan fingerprint density at radius 1 is 1.20 bits per heavy atom. The molecule has 7 heteroatoms. The van der Waals surface area contributed by atoms with Crippen molar-refractivity contribution in [3.63, 3.8) is 0 Å². The number of aliphatic carboxylic acids is 2. The maximum absolute atomic E-state index is 11.9. The van der Waals surface area contributed by atoms with Gasteiger partial charge in [0.15, 0.2) is 0 Å². The number of hydrogen-bond acceptors (Lipinski definition) is 4. The predicted molar refractivity (Wildman–Crippen MR) is 75.0 cm³/mol. The van der Waals surface area contributed by atoms with E-state index in [1.165, 1.54) is 0 Å². The van der Waals surface area contributed by atoms with Crippen molar-refractivity contribution in [1.29, 1.82) is 0 Å². The lowest BCUT2D eigenvalue weighted by molar-refractivity contribution is -0.138. The zero-order chi connectivity index (χ0) is 15.1. The van der Waals surface area contributed by atoms with Crippen LogP contribution >= 0.6 is 11.8 Å². The van der Waals surface area contributed by atoms with Gasteiger partial charge in [-0.15, -0.1) is 11.8 Å². The van der Waals surface area contributed by atoms with Crippen LogP contribution in [-0.2, 0) is 9.59 Å². The number of thioether (sulfide) groups is 1. The van der Waals surface area contributed by atoms with Crippen molar-refractivity contribution >= 4 is 29.6 Å². The second-order valence-electron chi connectivity index (χ2n) is 4.14. The van der Waals surface area contributed by atoms with Gasteiger partial charge in [-0.3, -0.25) is 9.59 Å². The minimum Gasteiger partial charge on any atom is -0.481 e. The summed E-state index contributed by atoms with van der Waals surface area (Å²) in [6.07, 6.45) is 0. The van der Waals surface area contributed by atoms with E-state index in [-0.39, 0.29) is 11.5 Å². The Kier molecular flexibility index (Phi) is 6.05. The van der Waals surface area contributed by atoms with Gasteiger partial charge in [0.25, 0.3) is 5.91 Å². The van der Waals surface area contributed by atoms with Crippen LogP contribution in [0.3, 0.4) is 0 Å². The van der Waals surface area contributed by atoms with E-state index in [0.29, 0.717) is 5.56 Å². The summed E-state index contributed by atoms with van der Waals surface area (Å²) >= 11 is 0.942. The molecule has 108 valence electrons. The van der Waals surface area contributed by atoms with Gasteiger partial charge < -0.3 is 15.5 Å². The monoisotopic (exact) mass is 297 g/mol. The number of hydrogen-bond donors (Lipinski definition) is 3. The van der Waals surface area contributed by atoms with Crippen LogP contribution in [0.2, 0.25) is 0 Å². The molecule has 0 heterocycles. The largest absolute Gasteiger partial charge is 0.481 e. The maximum Gasteiger partial charge on any atom is 0.327 e. The van der Waals surface area contributed by atoms with Crippen LogP contribution < -0.4 is 5.32 Å². The molecule has 1 aromatic rings. The number of amides is 1. The van der Waals surface area contributed by atoms with Gasteiger partial charge in [-0.05, 0) is 19.1 Å². The predicted octanol–water partition coefficient (Wildman–Crippen LogP) is 0.996. The average molecular weight is 297 g/mol. The van der Waals surface area contributed by atoms with E-state index in [2.05, 4.69) is 5.32 Å². The van der Waals surface area contributed by atoms with Crippen molar-refractivity contribution in [1.82, 2.24) is 5.32 Å². The zero-order valence-corrected chi connectivity index (χ0v) is 11.6. The van der Waals surface area contributed by atoms with E-state index in [4.69, 9.17) is 10.2 Å². The molecule has 0 bridgehead atoms. The molecule has 1 rings (SSSR count).